The SMILES string of the molecule is Cc1ccc(S(=O)(=O)[O-])cc1C.[Rb+]. The van der Waals surface area contributed by atoms with Gasteiger partial charge in [-0.25, -0.2) is 8.42 Å². The molecule has 1 aromatic carbocycles. The third kappa shape index (κ3) is 3.89. The molecule has 0 aliphatic heterocycles. The zero-order chi connectivity index (χ0) is 9.35. The Kier molecular flexibility index (Phi) is 5.51. The first-order valence-corrected chi connectivity index (χ1v) is 4.85. The monoisotopic (exact) mass is 270 g/mol. The van der Waals surface area contributed by atoms with Crippen molar-refractivity contribution in [2.24, 2.45) is 0 Å². The minimum atomic E-state index is -4.29. The quantitative estimate of drug-likeness (QED) is 0.567. The molecule has 0 aliphatic rings. The van der Waals surface area contributed by atoms with Crippen LogP contribution in [-0.2, 0) is 10.1 Å². The van der Waals surface area contributed by atoms with Gasteiger partial charge in [-0.2, -0.15) is 0 Å². The molecule has 0 spiro atoms. The van der Waals surface area contributed by atoms with E-state index in [0.29, 0.717) is 0 Å². The molecule has 3 nitrogen and oxygen atoms in total. The number of hydrogen-bond donors (Lipinski definition) is 0. The van der Waals surface area contributed by atoms with Gasteiger partial charge in [0.05, 0.1) is 4.90 Å². The Morgan fingerprint density at radius 1 is 1.15 bits per heavy atom. The molecule has 0 saturated carbocycles. The minimum Gasteiger partial charge on any atom is -0.744 e. The van der Waals surface area contributed by atoms with Crippen LogP contribution in [0.2, 0.25) is 0 Å². The summed E-state index contributed by atoms with van der Waals surface area (Å²) in [6.45, 7) is 3.63. The smallest absolute Gasteiger partial charge is 0.744 e. The molecule has 0 aliphatic carbocycles. The Balaban J connectivity index is 0.00000144. The van der Waals surface area contributed by atoms with E-state index in [9.17, 15) is 13.0 Å². The van der Waals surface area contributed by atoms with Crippen LogP contribution in [0.1, 0.15) is 11.1 Å². The Bertz CT molecular complexity index is 398. The van der Waals surface area contributed by atoms with Crippen LogP contribution >= 0.6 is 0 Å². The summed E-state index contributed by atoms with van der Waals surface area (Å²) in [6, 6.07) is 4.34. The molecular weight excluding hydrogens is 262 g/mol. The molecule has 0 N–H and O–H groups in total. The fourth-order valence-electron chi connectivity index (χ4n) is 0.869. The first-order chi connectivity index (χ1) is 5.41. The molecule has 0 heterocycles. The van der Waals surface area contributed by atoms with E-state index in [0.717, 1.165) is 11.1 Å². The molecule has 0 fully saturated rings. The molecule has 13 heavy (non-hydrogen) atoms. The van der Waals surface area contributed by atoms with Crippen LogP contribution in [0.3, 0.4) is 0 Å². The molecule has 0 amide bonds. The van der Waals surface area contributed by atoms with Gasteiger partial charge in [-0.1, -0.05) is 6.07 Å². The summed E-state index contributed by atoms with van der Waals surface area (Å²) < 4.78 is 31.6. The van der Waals surface area contributed by atoms with Gasteiger partial charge in [0, 0.05) is 0 Å². The van der Waals surface area contributed by atoms with Crippen LogP contribution < -0.4 is 58.2 Å². The van der Waals surface area contributed by atoms with Gasteiger partial charge in [-0.15, -0.1) is 0 Å². The average Bonchev–Trinajstić information content (AvgIpc) is 1.92. The largest absolute Gasteiger partial charge is 1.00 e. The number of rotatable bonds is 1. The first-order valence-electron chi connectivity index (χ1n) is 3.44. The van der Waals surface area contributed by atoms with E-state index < -0.39 is 10.1 Å². The number of benzene rings is 1. The van der Waals surface area contributed by atoms with E-state index in [1.54, 1.807) is 13.0 Å². The fraction of sp³-hybridized carbons (Fsp3) is 0.250. The van der Waals surface area contributed by atoms with Crippen LogP contribution in [0.4, 0.5) is 0 Å². The van der Waals surface area contributed by atoms with Crippen LogP contribution in [0.5, 0.6) is 0 Å². The van der Waals surface area contributed by atoms with E-state index >= 15 is 0 Å². The van der Waals surface area contributed by atoms with Gasteiger partial charge in [0.1, 0.15) is 10.1 Å². The van der Waals surface area contributed by atoms with Crippen LogP contribution in [0.15, 0.2) is 23.1 Å². The molecule has 1 rings (SSSR count). The van der Waals surface area contributed by atoms with Gasteiger partial charge in [0.25, 0.3) is 0 Å². The van der Waals surface area contributed by atoms with Gasteiger partial charge >= 0.3 is 58.2 Å². The topological polar surface area (TPSA) is 57.2 Å². The van der Waals surface area contributed by atoms with Gasteiger partial charge in [0.2, 0.25) is 0 Å². The van der Waals surface area contributed by atoms with E-state index in [4.69, 9.17) is 0 Å². The average molecular weight is 271 g/mol. The third-order valence-corrected chi connectivity index (χ3v) is 2.60. The predicted octanol–water partition coefficient (Wildman–Crippen LogP) is -1.79. The fourth-order valence-corrected chi connectivity index (χ4v) is 1.43. The van der Waals surface area contributed by atoms with Crippen LogP contribution in [-0.4, -0.2) is 13.0 Å². The molecule has 5 heteroatoms. The molecule has 0 saturated heterocycles. The van der Waals surface area contributed by atoms with Crippen molar-refractivity contribution >= 4 is 10.1 Å². The normalized spacial score (nSPS) is 10.7. The number of hydrogen-bond acceptors (Lipinski definition) is 3. The van der Waals surface area contributed by atoms with Crippen molar-refractivity contribution < 1.29 is 71.2 Å². The summed E-state index contributed by atoms with van der Waals surface area (Å²) >= 11 is 0. The van der Waals surface area contributed by atoms with Crippen molar-refractivity contribution in [1.82, 2.24) is 0 Å². The molecular formula is C8H9O3RbS. The summed E-state index contributed by atoms with van der Waals surface area (Å²) in [5.41, 5.74) is 1.79. The number of aryl methyl sites for hydroxylation is 2. The molecule has 0 aromatic heterocycles. The minimum absolute atomic E-state index is 0. The molecule has 0 bridgehead atoms. The zero-order valence-corrected chi connectivity index (χ0v) is 13.6. The molecule has 0 atom stereocenters. The summed E-state index contributed by atoms with van der Waals surface area (Å²) in [4.78, 5) is -0.161. The Morgan fingerprint density at radius 2 is 1.69 bits per heavy atom. The van der Waals surface area contributed by atoms with Crippen molar-refractivity contribution in [3.05, 3.63) is 29.3 Å². The van der Waals surface area contributed by atoms with Gasteiger partial charge in [-0.05, 0) is 37.1 Å². The van der Waals surface area contributed by atoms with Crippen molar-refractivity contribution in [1.29, 1.82) is 0 Å². The predicted molar refractivity (Wildman–Crippen MR) is 43.9 cm³/mol. The summed E-state index contributed by atoms with van der Waals surface area (Å²) in [5.74, 6) is 0. The Labute approximate surface area is 127 Å². The second-order valence-electron chi connectivity index (χ2n) is 2.70. The summed E-state index contributed by atoms with van der Waals surface area (Å²) in [7, 11) is -4.29. The van der Waals surface area contributed by atoms with Crippen molar-refractivity contribution in [3.63, 3.8) is 0 Å². The van der Waals surface area contributed by atoms with Gasteiger partial charge in [0.15, 0.2) is 0 Å². The first kappa shape index (κ1) is 13.9. The molecule has 1 aromatic rings. The van der Waals surface area contributed by atoms with E-state index in [1.807, 2.05) is 6.92 Å². The Hall–Kier alpha value is 0.935. The third-order valence-electron chi connectivity index (χ3n) is 1.77. The summed E-state index contributed by atoms with van der Waals surface area (Å²) in [5, 5.41) is 0. The van der Waals surface area contributed by atoms with Gasteiger partial charge < -0.3 is 4.55 Å². The van der Waals surface area contributed by atoms with Crippen molar-refractivity contribution in [2.75, 3.05) is 0 Å². The van der Waals surface area contributed by atoms with E-state index in [2.05, 4.69) is 0 Å². The molecule has 66 valence electrons. The second kappa shape index (κ2) is 5.14. The molecule has 0 unspecified atom stereocenters. The zero-order valence-electron chi connectivity index (χ0n) is 7.87. The Morgan fingerprint density at radius 3 is 2.08 bits per heavy atom. The second-order valence-corrected chi connectivity index (χ2v) is 4.08. The maximum Gasteiger partial charge on any atom is 1.00 e. The maximum absolute atomic E-state index is 10.5. The van der Waals surface area contributed by atoms with Crippen LogP contribution in [0, 0.1) is 13.8 Å². The molecule has 0 radical (unpaired) electrons. The van der Waals surface area contributed by atoms with Crippen molar-refractivity contribution in [3.8, 4) is 0 Å². The van der Waals surface area contributed by atoms with Crippen LogP contribution in [0.25, 0.3) is 0 Å². The standard InChI is InChI=1S/C8H10O3S.Rb/c1-6-3-4-8(5-7(6)2)12(9,10)11;/h3-5H,1-2H3,(H,9,10,11);/q;+1/p-1. The summed E-state index contributed by atoms with van der Waals surface area (Å²) in [6.07, 6.45) is 0. The van der Waals surface area contributed by atoms with Gasteiger partial charge in [-0.3, -0.25) is 0 Å². The van der Waals surface area contributed by atoms with E-state index in [-0.39, 0.29) is 63.1 Å². The maximum atomic E-state index is 10.5. The van der Waals surface area contributed by atoms with E-state index in [1.165, 1.54) is 12.1 Å². The van der Waals surface area contributed by atoms with Crippen molar-refractivity contribution in [2.45, 2.75) is 18.7 Å².